The van der Waals surface area contributed by atoms with Crippen molar-refractivity contribution in [3.63, 3.8) is 0 Å². The first-order valence-electron chi connectivity index (χ1n) is 3.69. The molecular formula is C8H6BrFN2O. The van der Waals surface area contributed by atoms with E-state index >= 15 is 0 Å². The zero-order chi connectivity index (χ0) is 9.42. The van der Waals surface area contributed by atoms with Gasteiger partial charge in [-0.15, -0.1) is 0 Å². The zero-order valence-electron chi connectivity index (χ0n) is 6.53. The van der Waals surface area contributed by atoms with Crippen molar-refractivity contribution in [2.24, 2.45) is 0 Å². The number of amides is 1. The van der Waals surface area contributed by atoms with E-state index in [2.05, 4.69) is 26.6 Å². The van der Waals surface area contributed by atoms with Gasteiger partial charge in [-0.1, -0.05) is 15.9 Å². The van der Waals surface area contributed by atoms with E-state index in [9.17, 15) is 9.18 Å². The van der Waals surface area contributed by atoms with Crippen molar-refractivity contribution in [2.45, 2.75) is 0 Å². The lowest BCUT2D eigenvalue weighted by atomic mass is 10.2. The number of rotatable bonds is 0. The normalized spacial score (nSPS) is 14.5. The number of hydrogen-bond acceptors (Lipinski definition) is 2. The molecule has 0 aromatic heterocycles. The van der Waals surface area contributed by atoms with Crippen LogP contribution in [0, 0.1) is 5.82 Å². The SMILES string of the molecule is O=C1CNc2cc(Br)cc(F)c2N1. The van der Waals surface area contributed by atoms with Gasteiger partial charge in [0.25, 0.3) is 0 Å². The Kier molecular flexibility index (Phi) is 1.95. The van der Waals surface area contributed by atoms with E-state index in [1.54, 1.807) is 6.07 Å². The summed E-state index contributed by atoms with van der Waals surface area (Å²) in [6.07, 6.45) is 0. The summed E-state index contributed by atoms with van der Waals surface area (Å²) >= 11 is 3.16. The predicted molar refractivity (Wildman–Crippen MR) is 51.2 cm³/mol. The Labute approximate surface area is 82.4 Å². The average molecular weight is 245 g/mol. The summed E-state index contributed by atoms with van der Waals surface area (Å²) in [5.74, 6) is -0.668. The molecule has 5 heteroatoms. The molecule has 3 nitrogen and oxygen atoms in total. The highest BCUT2D eigenvalue weighted by molar-refractivity contribution is 9.10. The molecule has 1 aliphatic heterocycles. The summed E-state index contributed by atoms with van der Waals surface area (Å²) in [6, 6.07) is 3.03. The second-order valence-electron chi connectivity index (χ2n) is 2.71. The fourth-order valence-corrected chi connectivity index (χ4v) is 1.63. The number of fused-ring (bicyclic) bond motifs is 1. The third kappa shape index (κ3) is 1.51. The second kappa shape index (κ2) is 2.99. The monoisotopic (exact) mass is 244 g/mol. The van der Waals surface area contributed by atoms with Crippen LogP contribution in [0.15, 0.2) is 16.6 Å². The van der Waals surface area contributed by atoms with Crippen molar-refractivity contribution in [1.82, 2.24) is 0 Å². The highest BCUT2D eigenvalue weighted by Crippen LogP contribution is 2.31. The standard InChI is InChI=1S/C8H6BrFN2O/c9-4-1-5(10)8-6(2-4)11-3-7(13)12-8/h1-2,11H,3H2,(H,12,13). The highest BCUT2D eigenvalue weighted by atomic mass is 79.9. The van der Waals surface area contributed by atoms with Crippen LogP contribution in [0.4, 0.5) is 15.8 Å². The van der Waals surface area contributed by atoms with E-state index in [1.165, 1.54) is 6.07 Å². The van der Waals surface area contributed by atoms with Crippen LogP contribution in [-0.2, 0) is 4.79 Å². The Bertz CT molecular complexity index is 381. The number of halogens is 2. The van der Waals surface area contributed by atoms with Gasteiger partial charge in [0.2, 0.25) is 5.91 Å². The van der Waals surface area contributed by atoms with Crippen molar-refractivity contribution in [3.8, 4) is 0 Å². The Balaban J connectivity index is 2.53. The van der Waals surface area contributed by atoms with Crippen LogP contribution in [0.1, 0.15) is 0 Å². The minimum atomic E-state index is -0.440. The van der Waals surface area contributed by atoms with E-state index in [1.807, 2.05) is 0 Å². The van der Waals surface area contributed by atoms with Gasteiger partial charge in [-0.25, -0.2) is 4.39 Å². The first kappa shape index (κ1) is 8.50. The first-order valence-corrected chi connectivity index (χ1v) is 4.49. The number of carbonyl (C=O) groups is 1. The van der Waals surface area contributed by atoms with E-state index in [-0.39, 0.29) is 18.1 Å². The van der Waals surface area contributed by atoms with Gasteiger partial charge in [0.15, 0.2) is 0 Å². The number of benzene rings is 1. The minimum absolute atomic E-state index is 0.183. The third-order valence-electron chi connectivity index (χ3n) is 1.76. The Morgan fingerprint density at radius 1 is 1.46 bits per heavy atom. The Hall–Kier alpha value is -1.10. The van der Waals surface area contributed by atoms with Gasteiger partial charge in [0.1, 0.15) is 11.5 Å². The summed E-state index contributed by atoms with van der Waals surface area (Å²) in [5, 5.41) is 5.27. The molecule has 1 heterocycles. The molecule has 0 bridgehead atoms. The number of carbonyl (C=O) groups excluding carboxylic acids is 1. The summed E-state index contributed by atoms with van der Waals surface area (Å²) in [6.45, 7) is 0.183. The molecule has 13 heavy (non-hydrogen) atoms. The van der Waals surface area contributed by atoms with Crippen molar-refractivity contribution in [1.29, 1.82) is 0 Å². The topological polar surface area (TPSA) is 41.1 Å². The Morgan fingerprint density at radius 3 is 3.00 bits per heavy atom. The highest BCUT2D eigenvalue weighted by Gasteiger charge is 2.17. The van der Waals surface area contributed by atoms with Gasteiger partial charge in [-0.05, 0) is 12.1 Å². The van der Waals surface area contributed by atoms with Gasteiger partial charge >= 0.3 is 0 Å². The van der Waals surface area contributed by atoms with Crippen molar-refractivity contribution in [2.75, 3.05) is 17.2 Å². The first-order chi connectivity index (χ1) is 6.16. The van der Waals surface area contributed by atoms with Gasteiger partial charge in [-0.3, -0.25) is 4.79 Å². The van der Waals surface area contributed by atoms with Gasteiger partial charge in [-0.2, -0.15) is 0 Å². The minimum Gasteiger partial charge on any atom is -0.374 e. The van der Waals surface area contributed by atoms with E-state index in [0.717, 1.165) is 0 Å². The second-order valence-corrected chi connectivity index (χ2v) is 3.63. The van der Waals surface area contributed by atoms with E-state index in [4.69, 9.17) is 0 Å². The molecule has 2 N–H and O–H groups in total. The third-order valence-corrected chi connectivity index (χ3v) is 2.22. The molecular weight excluding hydrogens is 239 g/mol. The molecule has 0 radical (unpaired) electrons. The molecule has 2 rings (SSSR count). The molecule has 0 aliphatic carbocycles. The fraction of sp³-hybridized carbons (Fsp3) is 0.125. The quantitative estimate of drug-likeness (QED) is 0.733. The van der Waals surface area contributed by atoms with E-state index < -0.39 is 5.82 Å². The summed E-state index contributed by atoms with van der Waals surface area (Å²) < 4.78 is 13.9. The Morgan fingerprint density at radius 2 is 2.23 bits per heavy atom. The molecule has 0 atom stereocenters. The molecule has 0 spiro atoms. The molecule has 68 valence electrons. The largest absolute Gasteiger partial charge is 0.374 e. The molecule has 0 unspecified atom stereocenters. The lowest BCUT2D eigenvalue weighted by Crippen LogP contribution is -2.28. The van der Waals surface area contributed by atoms with Gasteiger partial charge in [0, 0.05) is 4.47 Å². The molecule has 0 saturated carbocycles. The number of hydrogen-bond donors (Lipinski definition) is 2. The van der Waals surface area contributed by atoms with Crippen LogP contribution in [0.5, 0.6) is 0 Å². The lowest BCUT2D eigenvalue weighted by molar-refractivity contribution is -0.114. The lowest BCUT2D eigenvalue weighted by Gasteiger charge is -2.19. The van der Waals surface area contributed by atoms with Gasteiger partial charge < -0.3 is 10.6 Å². The van der Waals surface area contributed by atoms with Crippen LogP contribution in [-0.4, -0.2) is 12.5 Å². The van der Waals surface area contributed by atoms with Crippen LogP contribution in [0.3, 0.4) is 0 Å². The molecule has 1 amide bonds. The molecule has 1 aromatic carbocycles. The van der Waals surface area contributed by atoms with Crippen LogP contribution < -0.4 is 10.6 Å². The summed E-state index contributed by atoms with van der Waals surface area (Å²) in [7, 11) is 0. The summed E-state index contributed by atoms with van der Waals surface area (Å²) in [5.41, 5.74) is 0.825. The summed E-state index contributed by atoms with van der Waals surface area (Å²) in [4.78, 5) is 10.9. The van der Waals surface area contributed by atoms with Crippen molar-refractivity contribution in [3.05, 3.63) is 22.4 Å². The zero-order valence-corrected chi connectivity index (χ0v) is 8.11. The molecule has 1 aliphatic rings. The van der Waals surface area contributed by atoms with E-state index in [0.29, 0.717) is 10.2 Å². The smallest absolute Gasteiger partial charge is 0.243 e. The van der Waals surface area contributed by atoms with Crippen LogP contribution in [0.25, 0.3) is 0 Å². The predicted octanol–water partition coefficient (Wildman–Crippen LogP) is 1.95. The fourth-order valence-electron chi connectivity index (χ4n) is 1.20. The van der Waals surface area contributed by atoms with Gasteiger partial charge in [0.05, 0.1) is 12.2 Å². The average Bonchev–Trinajstić information content (AvgIpc) is 2.06. The number of anilines is 2. The molecule has 1 aromatic rings. The maximum absolute atomic E-state index is 13.2. The van der Waals surface area contributed by atoms with Crippen molar-refractivity contribution >= 4 is 33.2 Å². The van der Waals surface area contributed by atoms with Crippen LogP contribution >= 0.6 is 15.9 Å². The number of nitrogens with one attached hydrogen (secondary N) is 2. The maximum Gasteiger partial charge on any atom is 0.243 e. The maximum atomic E-state index is 13.2. The van der Waals surface area contributed by atoms with Crippen LogP contribution in [0.2, 0.25) is 0 Å². The molecule has 0 fully saturated rings. The van der Waals surface area contributed by atoms with Crippen molar-refractivity contribution < 1.29 is 9.18 Å². The molecule has 0 saturated heterocycles.